The van der Waals surface area contributed by atoms with Crippen molar-refractivity contribution in [1.82, 2.24) is 4.90 Å². The lowest BCUT2D eigenvalue weighted by Crippen LogP contribution is -2.25. The Labute approximate surface area is 168 Å². The van der Waals surface area contributed by atoms with Gasteiger partial charge in [-0.05, 0) is 35.2 Å². The molecular formula is C22H23NO4S. The zero-order valence-electron chi connectivity index (χ0n) is 16.0. The quantitative estimate of drug-likeness (QED) is 0.685. The lowest BCUT2D eigenvalue weighted by atomic mass is 10.1. The molecule has 0 bridgehead atoms. The number of methoxy groups -OCH3 is 2. The molecule has 1 aliphatic rings. The molecule has 0 aliphatic carbocycles. The molecule has 0 saturated carbocycles. The van der Waals surface area contributed by atoms with Crippen LogP contribution in [-0.2, 0) is 13.1 Å². The second-order valence-corrected chi connectivity index (χ2v) is 7.65. The van der Waals surface area contributed by atoms with E-state index in [1.54, 1.807) is 31.6 Å². The maximum absolute atomic E-state index is 10.5. The molecule has 28 heavy (non-hydrogen) atoms. The van der Waals surface area contributed by atoms with Gasteiger partial charge in [-0.25, -0.2) is 0 Å². The summed E-state index contributed by atoms with van der Waals surface area (Å²) in [6, 6.07) is 13.9. The highest BCUT2D eigenvalue weighted by atomic mass is 32.1. The van der Waals surface area contributed by atoms with E-state index in [1.807, 2.05) is 29.6 Å². The monoisotopic (exact) mass is 397 g/mol. The fourth-order valence-corrected chi connectivity index (χ4v) is 4.21. The number of rotatable bonds is 5. The number of thiophene rings is 1. The minimum atomic E-state index is 0.199. The maximum Gasteiger partial charge on any atom is 0.165 e. The third-order valence-corrected chi connectivity index (χ3v) is 5.81. The van der Waals surface area contributed by atoms with Crippen LogP contribution in [0.15, 0.2) is 47.8 Å². The summed E-state index contributed by atoms with van der Waals surface area (Å²) < 4.78 is 16.7. The van der Waals surface area contributed by atoms with Crippen molar-refractivity contribution >= 4 is 11.3 Å². The van der Waals surface area contributed by atoms with Gasteiger partial charge in [-0.2, -0.15) is 0 Å². The lowest BCUT2D eigenvalue weighted by Gasteiger charge is -2.21. The molecule has 1 aromatic heterocycles. The molecule has 0 spiro atoms. The van der Waals surface area contributed by atoms with E-state index < -0.39 is 0 Å². The van der Waals surface area contributed by atoms with Crippen molar-refractivity contribution in [2.75, 3.05) is 27.4 Å². The van der Waals surface area contributed by atoms with Crippen molar-refractivity contribution in [3.05, 3.63) is 59.0 Å². The third-order valence-electron chi connectivity index (χ3n) is 4.89. The Morgan fingerprint density at radius 1 is 1.14 bits per heavy atom. The highest BCUT2D eigenvalue weighted by Crippen LogP contribution is 2.39. The fourth-order valence-electron chi connectivity index (χ4n) is 3.50. The summed E-state index contributed by atoms with van der Waals surface area (Å²) in [6.07, 6.45) is 0. The number of hydrogen-bond acceptors (Lipinski definition) is 6. The Hall–Kier alpha value is -2.70. The molecule has 2 aromatic carbocycles. The zero-order chi connectivity index (χ0) is 19.5. The molecule has 146 valence electrons. The predicted molar refractivity (Wildman–Crippen MR) is 111 cm³/mol. The molecule has 0 radical (unpaired) electrons. The molecule has 3 aromatic rings. The van der Waals surface area contributed by atoms with E-state index in [2.05, 4.69) is 17.0 Å². The van der Waals surface area contributed by atoms with Gasteiger partial charge in [-0.3, -0.25) is 4.90 Å². The van der Waals surface area contributed by atoms with E-state index in [0.717, 1.165) is 46.2 Å². The van der Waals surface area contributed by atoms with Crippen LogP contribution in [0.5, 0.6) is 23.0 Å². The van der Waals surface area contributed by atoms with Gasteiger partial charge in [0.25, 0.3) is 0 Å². The Bertz CT molecular complexity index is 955. The Balaban J connectivity index is 1.61. The van der Waals surface area contributed by atoms with Crippen LogP contribution < -0.4 is 14.2 Å². The highest BCUT2D eigenvalue weighted by molar-refractivity contribution is 7.13. The molecule has 4 rings (SSSR count). The Morgan fingerprint density at radius 3 is 2.79 bits per heavy atom. The van der Waals surface area contributed by atoms with Crippen molar-refractivity contribution in [3.63, 3.8) is 0 Å². The average Bonchev–Trinajstić information content (AvgIpc) is 3.17. The van der Waals surface area contributed by atoms with Crippen molar-refractivity contribution in [3.8, 4) is 33.4 Å². The number of aromatic hydroxyl groups is 1. The molecule has 1 N–H and O–H groups in total. The van der Waals surface area contributed by atoms with E-state index in [0.29, 0.717) is 18.9 Å². The summed E-state index contributed by atoms with van der Waals surface area (Å²) in [5, 5.41) is 12.5. The van der Waals surface area contributed by atoms with Gasteiger partial charge in [0.1, 0.15) is 18.1 Å². The summed E-state index contributed by atoms with van der Waals surface area (Å²) in [4.78, 5) is 3.43. The van der Waals surface area contributed by atoms with Crippen LogP contribution in [0, 0.1) is 0 Å². The van der Waals surface area contributed by atoms with E-state index in [1.165, 1.54) is 0 Å². The van der Waals surface area contributed by atoms with Crippen molar-refractivity contribution in [1.29, 1.82) is 0 Å². The number of phenolic OH excluding ortho intramolecular Hbond substituents is 1. The van der Waals surface area contributed by atoms with Crippen molar-refractivity contribution in [2.45, 2.75) is 13.1 Å². The second-order valence-electron chi connectivity index (χ2n) is 6.70. The molecular weight excluding hydrogens is 374 g/mol. The first-order chi connectivity index (χ1) is 13.7. The highest BCUT2D eigenvalue weighted by Gasteiger charge is 2.21. The summed E-state index contributed by atoms with van der Waals surface area (Å²) in [7, 11) is 3.32. The van der Waals surface area contributed by atoms with E-state index in [-0.39, 0.29) is 5.75 Å². The molecule has 1 aliphatic heterocycles. The number of benzene rings is 2. The first kappa shape index (κ1) is 18.7. The minimum absolute atomic E-state index is 0.199. The standard InChI is InChI=1S/C22H23NO4S/c1-25-18-6-5-15(20(12-18)26-2)13-23-7-8-27-22-17(14-23)10-16(11-19(22)24)21-4-3-9-28-21/h3-6,9-12,24H,7-8,13-14H2,1-2H3. The molecule has 0 saturated heterocycles. The summed E-state index contributed by atoms with van der Waals surface area (Å²) in [6.45, 7) is 2.70. The molecule has 2 heterocycles. The van der Waals surface area contributed by atoms with Gasteiger partial charge in [0, 0.05) is 41.7 Å². The first-order valence-electron chi connectivity index (χ1n) is 9.13. The summed E-state index contributed by atoms with van der Waals surface area (Å²) in [5.74, 6) is 2.37. The maximum atomic E-state index is 10.5. The largest absolute Gasteiger partial charge is 0.504 e. The number of hydrogen-bond donors (Lipinski definition) is 1. The third kappa shape index (κ3) is 3.79. The zero-order valence-corrected chi connectivity index (χ0v) is 16.8. The topological polar surface area (TPSA) is 51.2 Å². The average molecular weight is 397 g/mol. The summed E-state index contributed by atoms with van der Waals surface area (Å²) in [5.41, 5.74) is 3.09. The molecule has 0 fully saturated rings. The summed E-state index contributed by atoms with van der Waals surface area (Å²) >= 11 is 1.66. The van der Waals surface area contributed by atoms with E-state index >= 15 is 0 Å². The molecule has 0 amide bonds. The van der Waals surface area contributed by atoms with Crippen LogP contribution >= 0.6 is 11.3 Å². The second kappa shape index (κ2) is 8.12. The van der Waals surface area contributed by atoms with E-state index in [9.17, 15) is 5.11 Å². The first-order valence-corrected chi connectivity index (χ1v) is 10.0. The number of fused-ring (bicyclic) bond motifs is 1. The van der Waals surface area contributed by atoms with Crippen LogP contribution in [-0.4, -0.2) is 37.4 Å². The van der Waals surface area contributed by atoms with Crippen LogP contribution in [0.25, 0.3) is 10.4 Å². The number of nitrogens with zero attached hydrogens (tertiary/aromatic N) is 1. The Morgan fingerprint density at radius 2 is 2.04 bits per heavy atom. The van der Waals surface area contributed by atoms with Gasteiger partial charge in [-0.1, -0.05) is 12.1 Å². The number of phenols is 1. The van der Waals surface area contributed by atoms with Crippen LogP contribution in [0.3, 0.4) is 0 Å². The van der Waals surface area contributed by atoms with Gasteiger partial charge in [-0.15, -0.1) is 11.3 Å². The predicted octanol–water partition coefficient (Wildman–Crippen LogP) is 4.53. The van der Waals surface area contributed by atoms with Crippen molar-refractivity contribution in [2.24, 2.45) is 0 Å². The normalized spacial score (nSPS) is 14.1. The molecule has 6 heteroatoms. The number of ether oxygens (including phenoxy) is 3. The van der Waals surface area contributed by atoms with Gasteiger partial charge in [0.2, 0.25) is 0 Å². The van der Waals surface area contributed by atoms with Crippen LogP contribution in [0.2, 0.25) is 0 Å². The van der Waals surface area contributed by atoms with E-state index in [4.69, 9.17) is 14.2 Å². The van der Waals surface area contributed by atoms with Gasteiger partial charge in [0.05, 0.1) is 14.2 Å². The van der Waals surface area contributed by atoms with Crippen LogP contribution in [0.4, 0.5) is 0 Å². The molecule has 5 nitrogen and oxygen atoms in total. The van der Waals surface area contributed by atoms with Crippen molar-refractivity contribution < 1.29 is 19.3 Å². The minimum Gasteiger partial charge on any atom is -0.504 e. The van der Waals surface area contributed by atoms with Crippen LogP contribution in [0.1, 0.15) is 11.1 Å². The van der Waals surface area contributed by atoms with Gasteiger partial charge < -0.3 is 19.3 Å². The smallest absolute Gasteiger partial charge is 0.165 e. The fraction of sp³-hybridized carbons (Fsp3) is 0.273. The molecule has 0 atom stereocenters. The van der Waals surface area contributed by atoms with Gasteiger partial charge >= 0.3 is 0 Å². The molecule has 0 unspecified atom stereocenters. The Kier molecular flexibility index (Phi) is 5.41. The SMILES string of the molecule is COc1ccc(CN2CCOc3c(O)cc(-c4cccs4)cc3C2)c(OC)c1. The van der Waals surface area contributed by atoms with Gasteiger partial charge in [0.15, 0.2) is 11.5 Å². The lowest BCUT2D eigenvalue weighted by molar-refractivity contribution is 0.215.